The van der Waals surface area contributed by atoms with Gasteiger partial charge in [0, 0.05) is 19.6 Å². The number of carbonyl (C=O) groups is 1. The van der Waals surface area contributed by atoms with Gasteiger partial charge in [-0.25, -0.2) is 4.79 Å². The Balaban J connectivity index is 1.87. The summed E-state index contributed by atoms with van der Waals surface area (Å²) in [5.41, 5.74) is -0.164. The van der Waals surface area contributed by atoms with E-state index < -0.39 is 0 Å². The molecule has 14 heavy (non-hydrogen) atoms. The maximum Gasteiger partial charge on any atom is 0.410 e. The second-order valence-corrected chi connectivity index (χ2v) is 4.28. The number of likely N-dealkylation sites (N-methyl/N-ethyl adjacent to an activating group) is 1. The van der Waals surface area contributed by atoms with Crippen molar-refractivity contribution in [2.75, 3.05) is 32.7 Å². The van der Waals surface area contributed by atoms with Crippen molar-refractivity contribution in [2.45, 2.75) is 25.9 Å². The Kier molecular flexibility index (Phi) is 2.39. The molecule has 0 aromatic rings. The van der Waals surface area contributed by atoms with Gasteiger partial charge in [-0.3, -0.25) is 4.90 Å². The smallest absolute Gasteiger partial charge is 0.410 e. The quantitative estimate of drug-likeness (QED) is 0.676. The Morgan fingerprint density at radius 3 is 2.57 bits per heavy atom. The molecule has 0 aromatic heterocycles. The monoisotopic (exact) mass is 198 g/mol. The molecule has 0 unspecified atom stereocenters. The molecule has 2 aliphatic rings. The van der Waals surface area contributed by atoms with Crippen molar-refractivity contribution in [1.82, 2.24) is 9.80 Å². The van der Waals surface area contributed by atoms with Crippen LogP contribution in [0.3, 0.4) is 0 Å². The van der Waals surface area contributed by atoms with Crippen LogP contribution in [0.15, 0.2) is 0 Å². The highest BCUT2D eigenvalue weighted by Crippen LogP contribution is 2.31. The fraction of sp³-hybridized carbons (Fsp3) is 0.900. The Bertz CT molecular complexity index is 236. The summed E-state index contributed by atoms with van der Waals surface area (Å²) in [7, 11) is 0. The normalized spacial score (nSPS) is 25.3. The number of nitrogens with zero attached hydrogens (tertiary/aromatic N) is 2. The molecule has 2 fully saturated rings. The topological polar surface area (TPSA) is 32.8 Å². The van der Waals surface area contributed by atoms with Gasteiger partial charge < -0.3 is 9.64 Å². The number of amides is 1. The third-order valence-corrected chi connectivity index (χ3v) is 2.99. The van der Waals surface area contributed by atoms with E-state index in [0.717, 1.165) is 32.7 Å². The molecule has 1 amide bonds. The van der Waals surface area contributed by atoms with Gasteiger partial charge in [-0.15, -0.1) is 0 Å². The van der Waals surface area contributed by atoms with Crippen LogP contribution in [-0.2, 0) is 4.74 Å². The van der Waals surface area contributed by atoms with Crippen molar-refractivity contribution < 1.29 is 9.53 Å². The predicted molar refractivity (Wildman–Crippen MR) is 53.2 cm³/mol. The van der Waals surface area contributed by atoms with Crippen LogP contribution in [0.25, 0.3) is 0 Å². The fourth-order valence-electron chi connectivity index (χ4n) is 2.34. The summed E-state index contributed by atoms with van der Waals surface area (Å²) < 4.78 is 5.41. The van der Waals surface area contributed by atoms with E-state index in [-0.39, 0.29) is 11.7 Å². The van der Waals surface area contributed by atoms with E-state index in [2.05, 4.69) is 11.8 Å². The van der Waals surface area contributed by atoms with Gasteiger partial charge in [0.05, 0.1) is 6.54 Å². The molecule has 4 heteroatoms. The van der Waals surface area contributed by atoms with Crippen LogP contribution in [0.5, 0.6) is 0 Å². The van der Waals surface area contributed by atoms with Gasteiger partial charge in [-0.1, -0.05) is 6.92 Å². The van der Waals surface area contributed by atoms with Crippen molar-refractivity contribution in [2.24, 2.45) is 0 Å². The SMILES string of the molecule is CCCN1CC2(C1)CN(CC)C(=O)O2. The first-order chi connectivity index (χ1) is 6.69. The molecular formula is C10H18N2O2. The molecule has 80 valence electrons. The third-order valence-electron chi connectivity index (χ3n) is 2.99. The molecule has 0 saturated carbocycles. The lowest BCUT2D eigenvalue weighted by Crippen LogP contribution is -2.63. The largest absolute Gasteiger partial charge is 0.438 e. The lowest BCUT2D eigenvalue weighted by molar-refractivity contribution is -0.0730. The molecule has 2 heterocycles. The van der Waals surface area contributed by atoms with Gasteiger partial charge in [0.25, 0.3) is 0 Å². The number of likely N-dealkylation sites (tertiary alicyclic amines) is 1. The highest BCUT2D eigenvalue weighted by molar-refractivity contribution is 5.71. The zero-order chi connectivity index (χ0) is 10.2. The van der Waals surface area contributed by atoms with Gasteiger partial charge in [0.1, 0.15) is 0 Å². The van der Waals surface area contributed by atoms with Crippen LogP contribution >= 0.6 is 0 Å². The van der Waals surface area contributed by atoms with Crippen molar-refractivity contribution in [3.63, 3.8) is 0 Å². The Morgan fingerprint density at radius 1 is 1.36 bits per heavy atom. The second kappa shape index (κ2) is 3.42. The van der Waals surface area contributed by atoms with Crippen LogP contribution in [0.2, 0.25) is 0 Å². The minimum atomic E-state index is -0.164. The Labute approximate surface area is 84.8 Å². The summed E-state index contributed by atoms with van der Waals surface area (Å²) in [6.07, 6.45) is 1.03. The fourth-order valence-corrected chi connectivity index (χ4v) is 2.34. The van der Waals surface area contributed by atoms with E-state index in [4.69, 9.17) is 4.74 Å². The molecule has 0 bridgehead atoms. The van der Waals surface area contributed by atoms with E-state index >= 15 is 0 Å². The maximum absolute atomic E-state index is 11.4. The van der Waals surface area contributed by atoms with Gasteiger partial charge >= 0.3 is 6.09 Å². The van der Waals surface area contributed by atoms with Gasteiger partial charge in [0.2, 0.25) is 0 Å². The first-order valence-electron chi connectivity index (χ1n) is 5.39. The Hall–Kier alpha value is -0.770. The van der Waals surface area contributed by atoms with Crippen LogP contribution < -0.4 is 0 Å². The molecule has 0 aromatic carbocycles. The van der Waals surface area contributed by atoms with Crippen molar-refractivity contribution in [3.05, 3.63) is 0 Å². The highest BCUT2D eigenvalue weighted by atomic mass is 16.6. The number of rotatable bonds is 3. The summed E-state index contributed by atoms with van der Waals surface area (Å²) in [6.45, 7) is 8.65. The van der Waals surface area contributed by atoms with Crippen LogP contribution in [0.1, 0.15) is 20.3 Å². The average molecular weight is 198 g/mol. The molecular weight excluding hydrogens is 180 g/mol. The number of hydrogen-bond donors (Lipinski definition) is 0. The molecule has 0 radical (unpaired) electrons. The number of ether oxygens (including phenoxy) is 1. The standard InChI is InChI=1S/C10H18N2O2/c1-3-5-11-6-10(7-11)8-12(4-2)9(13)14-10/h3-8H2,1-2H3. The van der Waals surface area contributed by atoms with Crippen LogP contribution in [0.4, 0.5) is 4.79 Å². The summed E-state index contributed by atoms with van der Waals surface area (Å²) in [4.78, 5) is 15.5. The van der Waals surface area contributed by atoms with E-state index in [1.54, 1.807) is 4.90 Å². The lowest BCUT2D eigenvalue weighted by atomic mass is 9.94. The molecule has 1 spiro atoms. The second-order valence-electron chi connectivity index (χ2n) is 4.28. The van der Waals surface area contributed by atoms with Gasteiger partial charge in [-0.2, -0.15) is 0 Å². The third kappa shape index (κ3) is 1.47. The lowest BCUT2D eigenvalue weighted by Gasteiger charge is -2.45. The summed E-state index contributed by atoms with van der Waals surface area (Å²) >= 11 is 0. The maximum atomic E-state index is 11.4. The van der Waals surface area contributed by atoms with Crippen molar-refractivity contribution in [1.29, 1.82) is 0 Å². The number of hydrogen-bond acceptors (Lipinski definition) is 3. The average Bonchev–Trinajstić information content (AvgIpc) is 2.42. The molecule has 2 aliphatic heterocycles. The molecule has 0 N–H and O–H groups in total. The van der Waals surface area contributed by atoms with E-state index in [0.29, 0.717) is 0 Å². The molecule has 2 saturated heterocycles. The first kappa shape index (κ1) is 9.77. The molecule has 0 atom stereocenters. The minimum Gasteiger partial charge on any atom is -0.438 e. The minimum absolute atomic E-state index is 0.136. The Morgan fingerprint density at radius 2 is 2.07 bits per heavy atom. The van der Waals surface area contributed by atoms with E-state index in [1.807, 2.05) is 6.92 Å². The molecule has 4 nitrogen and oxygen atoms in total. The van der Waals surface area contributed by atoms with Crippen LogP contribution in [0, 0.1) is 0 Å². The van der Waals surface area contributed by atoms with Crippen molar-refractivity contribution in [3.8, 4) is 0 Å². The number of carbonyl (C=O) groups excluding carboxylic acids is 1. The van der Waals surface area contributed by atoms with E-state index in [1.165, 1.54) is 6.42 Å². The van der Waals surface area contributed by atoms with E-state index in [9.17, 15) is 4.79 Å². The summed E-state index contributed by atoms with van der Waals surface area (Å²) in [5, 5.41) is 0. The van der Waals surface area contributed by atoms with Gasteiger partial charge in [0.15, 0.2) is 5.60 Å². The zero-order valence-electron chi connectivity index (χ0n) is 8.95. The zero-order valence-corrected chi connectivity index (χ0v) is 8.95. The summed E-state index contributed by atoms with van der Waals surface area (Å²) in [5.74, 6) is 0. The predicted octanol–water partition coefficient (Wildman–Crippen LogP) is 0.923. The summed E-state index contributed by atoms with van der Waals surface area (Å²) in [6, 6.07) is 0. The van der Waals surface area contributed by atoms with Crippen LogP contribution in [-0.4, -0.2) is 54.2 Å². The highest BCUT2D eigenvalue weighted by Gasteiger charge is 2.52. The molecule has 2 rings (SSSR count). The molecule has 0 aliphatic carbocycles. The van der Waals surface area contributed by atoms with Gasteiger partial charge in [-0.05, 0) is 19.9 Å². The first-order valence-corrected chi connectivity index (χ1v) is 5.39. The van der Waals surface area contributed by atoms with Crippen molar-refractivity contribution >= 4 is 6.09 Å².